The lowest BCUT2D eigenvalue weighted by Gasteiger charge is -2.20. The van der Waals surface area contributed by atoms with Crippen LogP contribution in [0.1, 0.15) is 43.1 Å². The zero-order valence-corrected chi connectivity index (χ0v) is 19.6. The maximum absolute atomic E-state index is 12.9. The van der Waals surface area contributed by atoms with Crippen LogP contribution >= 0.6 is 0 Å². The van der Waals surface area contributed by atoms with Gasteiger partial charge in [0.05, 0.1) is 5.52 Å². The molecule has 2 heterocycles. The van der Waals surface area contributed by atoms with Crippen molar-refractivity contribution in [3.05, 3.63) is 71.9 Å². The Morgan fingerprint density at radius 3 is 2.53 bits per heavy atom. The fraction of sp³-hybridized carbons (Fsp3) is 0.346. The molecule has 0 aliphatic carbocycles. The molecule has 1 aliphatic heterocycles. The average molecular weight is 464 g/mol. The number of ether oxygens (including phenoxy) is 2. The lowest BCUT2D eigenvalue weighted by Crippen LogP contribution is -2.38. The Hall–Kier alpha value is -3.81. The number of aromatic nitrogens is 1. The highest BCUT2D eigenvalue weighted by atomic mass is 16.6. The van der Waals surface area contributed by atoms with Gasteiger partial charge in [-0.3, -0.25) is 9.36 Å². The van der Waals surface area contributed by atoms with Crippen molar-refractivity contribution >= 4 is 29.0 Å². The van der Waals surface area contributed by atoms with Crippen LogP contribution in [0, 0.1) is 0 Å². The number of nitrogens with zero attached hydrogens (tertiary/aromatic N) is 2. The molecule has 0 bridgehead atoms. The quantitative estimate of drug-likeness (QED) is 0.612. The molecule has 2 aromatic carbocycles. The number of carbonyl (C=O) groups excluding carboxylic acids is 3. The number of carbonyl (C=O) groups is 3. The van der Waals surface area contributed by atoms with Crippen molar-refractivity contribution in [2.75, 3.05) is 13.1 Å². The van der Waals surface area contributed by atoms with Crippen molar-refractivity contribution in [1.29, 1.82) is 0 Å². The summed E-state index contributed by atoms with van der Waals surface area (Å²) in [5.41, 5.74) is 1.33. The third-order valence-electron chi connectivity index (χ3n) is 5.53. The van der Waals surface area contributed by atoms with Crippen molar-refractivity contribution in [3.8, 4) is 0 Å². The molecular formula is C26H29N3O5. The number of fused-ring (bicyclic) bond motifs is 1. The van der Waals surface area contributed by atoms with Gasteiger partial charge in [-0.05, 0) is 51.0 Å². The van der Waals surface area contributed by atoms with Crippen LogP contribution < -0.4 is 5.32 Å². The molecule has 4 rings (SSSR count). The second kappa shape index (κ2) is 9.59. The second-order valence-electron chi connectivity index (χ2n) is 9.38. The monoisotopic (exact) mass is 463 g/mol. The van der Waals surface area contributed by atoms with E-state index in [1.807, 2.05) is 30.3 Å². The molecule has 1 N–H and O–H groups in total. The van der Waals surface area contributed by atoms with Gasteiger partial charge in [0.2, 0.25) is 0 Å². The van der Waals surface area contributed by atoms with Gasteiger partial charge in [0.1, 0.15) is 12.2 Å². The Labute approximate surface area is 198 Å². The zero-order chi connectivity index (χ0) is 24.3. The van der Waals surface area contributed by atoms with E-state index in [0.717, 1.165) is 10.9 Å². The summed E-state index contributed by atoms with van der Waals surface area (Å²) in [6, 6.07) is 16.3. The minimum absolute atomic E-state index is 0.176. The Morgan fingerprint density at radius 2 is 1.79 bits per heavy atom. The SMILES string of the molecule is CC(C)(C)OC(=O)n1ccc2ccc(C(=O)NC3CCN(C(=O)OCc4ccccc4)C3)cc21. The van der Waals surface area contributed by atoms with E-state index in [2.05, 4.69) is 5.32 Å². The van der Waals surface area contributed by atoms with Gasteiger partial charge >= 0.3 is 12.2 Å². The van der Waals surface area contributed by atoms with Crippen LogP contribution in [0.5, 0.6) is 0 Å². The third kappa shape index (κ3) is 5.57. The van der Waals surface area contributed by atoms with Crippen LogP contribution in [0.25, 0.3) is 10.9 Å². The molecule has 0 spiro atoms. The molecule has 8 heteroatoms. The molecule has 8 nitrogen and oxygen atoms in total. The van der Waals surface area contributed by atoms with Gasteiger partial charge in [-0.2, -0.15) is 0 Å². The van der Waals surface area contributed by atoms with E-state index in [0.29, 0.717) is 30.6 Å². The van der Waals surface area contributed by atoms with Crippen molar-refractivity contribution in [1.82, 2.24) is 14.8 Å². The lowest BCUT2D eigenvalue weighted by molar-refractivity contribution is 0.0544. The Kier molecular flexibility index (Phi) is 6.58. The average Bonchev–Trinajstić information content (AvgIpc) is 3.43. The second-order valence-corrected chi connectivity index (χ2v) is 9.38. The van der Waals surface area contributed by atoms with E-state index < -0.39 is 17.8 Å². The molecule has 2 amide bonds. The highest BCUT2D eigenvalue weighted by molar-refractivity contribution is 5.99. The normalized spacial score (nSPS) is 15.9. The lowest BCUT2D eigenvalue weighted by atomic mass is 10.1. The summed E-state index contributed by atoms with van der Waals surface area (Å²) in [5.74, 6) is -0.261. The number of likely N-dealkylation sites (tertiary alicyclic amines) is 1. The molecule has 3 aromatic rings. The summed E-state index contributed by atoms with van der Waals surface area (Å²) in [5, 5.41) is 3.81. The molecule has 0 radical (unpaired) electrons. The molecule has 1 aliphatic rings. The first-order valence-corrected chi connectivity index (χ1v) is 11.3. The number of benzene rings is 2. The van der Waals surface area contributed by atoms with Gasteiger partial charge in [-0.25, -0.2) is 9.59 Å². The molecule has 1 fully saturated rings. The van der Waals surface area contributed by atoms with Crippen LogP contribution in [0.15, 0.2) is 60.8 Å². The topological polar surface area (TPSA) is 89.9 Å². The smallest absolute Gasteiger partial charge is 0.418 e. The van der Waals surface area contributed by atoms with Crippen LogP contribution in [-0.2, 0) is 16.1 Å². The fourth-order valence-corrected chi connectivity index (χ4v) is 3.86. The first-order chi connectivity index (χ1) is 16.2. The van der Waals surface area contributed by atoms with Gasteiger partial charge in [-0.15, -0.1) is 0 Å². The van der Waals surface area contributed by atoms with E-state index in [-0.39, 0.29) is 18.6 Å². The van der Waals surface area contributed by atoms with Crippen molar-refractivity contribution in [2.24, 2.45) is 0 Å². The summed E-state index contributed by atoms with van der Waals surface area (Å²) in [6.07, 6.45) is 1.39. The molecule has 34 heavy (non-hydrogen) atoms. The Balaban J connectivity index is 1.36. The Bertz CT molecular complexity index is 1200. The summed E-state index contributed by atoms with van der Waals surface area (Å²) in [6.45, 7) is 6.52. The summed E-state index contributed by atoms with van der Waals surface area (Å²) < 4.78 is 12.2. The minimum atomic E-state index is -0.626. The number of rotatable bonds is 4. The largest absolute Gasteiger partial charge is 0.445 e. The molecule has 1 atom stereocenters. The molecule has 1 aromatic heterocycles. The van der Waals surface area contributed by atoms with E-state index in [1.165, 1.54) is 4.57 Å². The molecular weight excluding hydrogens is 434 g/mol. The zero-order valence-electron chi connectivity index (χ0n) is 19.6. The minimum Gasteiger partial charge on any atom is -0.445 e. The Morgan fingerprint density at radius 1 is 1.03 bits per heavy atom. The maximum atomic E-state index is 12.9. The molecule has 178 valence electrons. The van der Waals surface area contributed by atoms with Crippen LogP contribution in [0.4, 0.5) is 9.59 Å². The highest BCUT2D eigenvalue weighted by Gasteiger charge is 2.29. The fourth-order valence-electron chi connectivity index (χ4n) is 3.86. The van der Waals surface area contributed by atoms with Crippen LogP contribution in [0.3, 0.4) is 0 Å². The first-order valence-electron chi connectivity index (χ1n) is 11.3. The standard InChI is InChI=1S/C26H29N3O5/c1-26(2,3)34-25(32)29-14-11-19-9-10-20(15-22(19)29)23(30)27-21-12-13-28(16-21)24(31)33-17-18-7-5-4-6-8-18/h4-11,14-15,21H,12-13,16-17H2,1-3H3,(H,27,30). The van der Waals surface area contributed by atoms with Gasteiger partial charge in [0.15, 0.2) is 0 Å². The van der Waals surface area contributed by atoms with Gasteiger partial charge in [0, 0.05) is 36.3 Å². The molecule has 1 unspecified atom stereocenters. The summed E-state index contributed by atoms with van der Waals surface area (Å²) >= 11 is 0. The van der Waals surface area contributed by atoms with E-state index in [1.54, 1.807) is 56.1 Å². The number of hydrogen-bond acceptors (Lipinski definition) is 5. The van der Waals surface area contributed by atoms with E-state index >= 15 is 0 Å². The summed E-state index contributed by atoms with van der Waals surface area (Å²) in [7, 11) is 0. The maximum Gasteiger partial charge on any atom is 0.418 e. The predicted molar refractivity (Wildman–Crippen MR) is 128 cm³/mol. The van der Waals surface area contributed by atoms with Gasteiger partial charge < -0.3 is 19.7 Å². The van der Waals surface area contributed by atoms with Crippen molar-refractivity contribution < 1.29 is 23.9 Å². The van der Waals surface area contributed by atoms with Gasteiger partial charge in [-0.1, -0.05) is 36.4 Å². The summed E-state index contributed by atoms with van der Waals surface area (Å²) in [4.78, 5) is 39.4. The first kappa shape index (κ1) is 23.4. The number of amides is 2. The van der Waals surface area contributed by atoms with E-state index in [9.17, 15) is 14.4 Å². The number of hydrogen-bond donors (Lipinski definition) is 1. The van der Waals surface area contributed by atoms with E-state index in [4.69, 9.17) is 9.47 Å². The molecule has 1 saturated heterocycles. The van der Waals surface area contributed by atoms with Crippen LogP contribution in [0.2, 0.25) is 0 Å². The number of nitrogens with one attached hydrogen (secondary N) is 1. The van der Waals surface area contributed by atoms with Crippen molar-refractivity contribution in [3.63, 3.8) is 0 Å². The van der Waals surface area contributed by atoms with Crippen molar-refractivity contribution in [2.45, 2.75) is 45.4 Å². The van der Waals surface area contributed by atoms with Gasteiger partial charge in [0.25, 0.3) is 5.91 Å². The predicted octanol–water partition coefficient (Wildman–Crippen LogP) is 4.57. The third-order valence-corrected chi connectivity index (χ3v) is 5.53. The molecule has 0 saturated carbocycles. The highest BCUT2D eigenvalue weighted by Crippen LogP contribution is 2.20. The van der Waals surface area contributed by atoms with Crippen LogP contribution in [-0.4, -0.2) is 52.3 Å².